The Hall–Kier alpha value is -0.290. The first-order chi connectivity index (χ1) is 6.20. The zero-order valence-corrected chi connectivity index (χ0v) is 8.99. The lowest BCUT2D eigenvalue weighted by atomic mass is 10.3. The first-order valence-electron chi connectivity index (χ1n) is 4.51. The third-order valence-electron chi connectivity index (χ3n) is 1.57. The Kier molecular flexibility index (Phi) is 8.13. The summed E-state index contributed by atoms with van der Waals surface area (Å²) in [4.78, 5) is 9.92. The van der Waals surface area contributed by atoms with Gasteiger partial charge in [0.2, 0.25) is 0 Å². The normalized spacial score (nSPS) is 10.5. The van der Waals surface area contributed by atoms with Crippen LogP contribution in [-0.2, 0) is 0 Å². The first-order valence-corrected chi connectivity index (χ1v) is 5.46. The highest BCUT2D eigenvalue weighted by Gasteiger charge is 2.02. The van der Waals surface area contributed by atoms with Crippen LogP contribution >= 0.6 is 11.9 Å². The fourth-order valence-electron chi connectivity index (χ4n) is 0.829. The summed E-state index contributed by atoms with van der Waals surface area (Å²) in [7, 11) is 0. The van der Waals surface area contributed by atoms with E-state index < -0.39 is 6.16 Å². The second kappa shape index (κ2) is 8.31. The molecule has 0 bridgehead atoms. The molecule has 13 heavy (non-hydrogen) atoms. The molecule has 0 saturated carbocycles. The molecule has 3 nitrogen and oxygen atoms in total. The molecule has 0 aliphatic rings. The third kappa shape index (κ3) is 8.05. The minimum Gasteiger partial charge on any atom is -0.318 e. The van der Waals surface area contributed by atoms with E-state index in [4.69, 9.17) is 0 Å². The van der Waals surface area contributed by atoms with Crippen molar-refractivity contribution in [3.8, 4) is 0 Å². The Morgan fingerprint density at radius 1 is 1.54 bits per heavy atom. The van der Waals surface area contributed by atoms with Crippen molar-refractivity contribution in [1.29, 1.82) is 0 Å². The maximum atomic E-state index is 11.7. The van der Waals surface area contributed by atoms with Gasteiger partial charge in [0.25, 0.3) is 0 Å². The molecule has 0 aromatic heterocycles. The lowest BCUT2D eigenvalue weighted by Crippen LogP contribution is -2.23. The van der Waals surface area contributed by atoms with Crippen LogP contribution in [0, 0.1) is 0 Å². The van der Waals surface area contributed by atoms with E-state index in [1.54, 1.807) is 0 Å². The number of nitrogens with zero attached hydrogens (tertiary/aromatic N) is 1. The molecule has 0 aliphatic carbocycles. The average molecular weight is 208 g/mol. The number of rotatable bonds is 7. The standard InChI is InChI=1S/C8H17FN2OS/c1-3-5-6-11(4-2)13-7-10-8(9)12/h3-7H2,1-2H3,(H,10,12). The molecule has 0 aromatic rings. The van der Waals surface area contributed by atoms with Gasteiger partial charge < -0.3 is 5.32 Å². The van der Waals surface area contributed by atoms with E-state index in [-0.39, 0.29) is 0 Å². The highest BCUT2D eigenvalue weighted by molar-refractivity contribution is 7.96. The minimum absolute atomic E-state index is 0.312. The molecular weight excluding hydrogens is 191 g/mol. The monoisotopic (exact) mass is 208 g/mol. The number of carbonyl (C=O) groups excluding carboxylic acids is 1. The molecule has 0 spiro atoms. The van der Waals surface area contributed by atoms with Crippen molar-refractivity contribution in [3.63, 3.8) is 0 Å². The molecular formula is C8H17FN2OS. The zero-order chi connectivity index (χ0) is 10.1. The highest BCUT2D eigenvalue weighted by atomic mass is 32.2. The van der Waals surface area contributed by atoms with Gasteiger partial charge in [-0.25, -0.2) is 9.10 Å². The molecule has 0 atom stereocenters. The SMILES string of the molecule is CCCCN(CC)SCNC(=O)F. The van der Waals surface area contributed by atoms with Gasteiger partial charge in [0.15, 0.2) is 0 Å². The molecule has 0 radical (unpaired) electrons. The quantitative estimate of drug-likeness (QED) is 0.302. The van der Waals surface area contributed by atoms with Gasteiger partial charge in [-0.3, -0.25) is 0 Å². The zero-order valence-electron chi connectivity index (χ0n) is 8.18. The van der Waals surface area contributed by atoms with Crippen LogP contribution in [-0.4, -0.2) is 29.4 Å². The van der Waals surface area contributed by atoms with Crippen LogP contribution in [0.5, 0.6) is 0 Å². The fourth-order valence-corrected chi connectivity index (χ4v) is 1.63. The van der Waals surface area contributed by atoms with Crippen LogP contribution in [0.1, 0.15) is 26.7 Å². The number of carbonyl (C=O) groups is 1. The molecule has 1 N–H and O–H groups in total. The van der Waals surface area contributed by atoms with Gasteiger partial charge in [-0.05, 0) is 6.42 Å². The number of amides is 1. The molecule has 1 amide bonds. The topological polar surface area (TPSA) is 32.3 Å². The number of nitrogens with one attached hydrogen (secondary N) is 1. The van der Waals surface area contributed by atoms with Gasteiger partial charge in [0.05, 0.1) is 5.88 Å². The summed E-state index contributed by atoms with van der Waals surface area (Å²) in [6.07, 6.45) is 0.816. The Morgan fingerprint density at radius 3 is 2.69 bits per heavy atom. The molecule has 5 heteroatoms. The van der Waals surface area contributed by atoms with Gasteiger partial charge in [-0.1, -0.05) is 32.2 Å². The van der Waals surface area contributed by atoms with E-state index in [1.165, 1.54) is 11.9 Å². The molecule has 0 saturated heterocycles. The second-order valence-electron chi connectivity index (χ2n) is 2.60. The van der Waals surface area contributed by atoms with Gasteiger partial charge in [-0.15, -0.1) is 4.39 Å². The lowest BCUT2D eigenvalue weighted by Gasteiger charge is -2.18. The molecule has 0 fully saturated rings. The van der Waals surface area contributed by atoms with E-state index in [0.717, 1.165) is 25.9 Å². The Balaban J connectivity index is 3.41. The van der Waals surface area contributed by atoms with Crippen molar-refractivity contribution in [3.05, 3.63) is 0 Å². The van der Waals surface area contributed by atoms with Crippen LogP contribution in [0.4, 0.5) is 9.18 Å². The van der Waals surface area contributed by atoms with Crippen molar-refractivity contribution >= 4 is 18.1 Å². The van der Waals surface area contributed by atoms with Gasteiger partial charge in [0.1, 0.15) is 0 Å². The molecule has 78 valence electrons. The van der Waals surface area contributed by atoms with E-state index in [0.29, 0.717) is 5.88 Å². The fraction of sp³-hybridized carbons (Fsp3) is 0.875. The highest BCUT2D eigenvalue weighted by Crippen LogP contribution is 2.08. The Bertz CT molecular complexity index is 146. The predicted octanol–water partition coefficient (Wildman–Crippen LogP) is 2.39. The van der Waals surface area contributed by atoms with Crippen molar-refractivity contribution in [2.24, 2.45) is 0 Å². The molecule has 0 aromatic carbocycles. The van der Waals surface area contributed by atoms with Crippen LogP contribution in [0.15, 0.2) is 0 Å². The van der Waals surface area contributed by atoms with Crippen LogP contribution < -0.4 is 5.32 Å². The lowest BCUT2D eigenvalue weighted by molar-refractivity contribution is 0.223. The molecule has 0 heterocycles. The van der Waals surface area contributed by atoms with Crippen LogP contribution in [0.25, 0.3) is 0 Å². The number of unbranched alkanes of at least 4 members (excludes halogenated alkanes) is 1. The number of hydrogen-bond acceptors (Lipinski definition) is 3. The summed E-state index contributed by atoms with van der Waals surface area (Å²) in [6, 6.07) is 0. The van der Waals surface area contributed by atoms with Gasteiger partial charge in [-0.2, -0.15) is 0 Å². The van der Waals surface area contributed by atoms with E-state index in [2.05, 4.69) is 16.5 Å². The van der Waals surface area contributed by atoms with E-state index >= 15 is 0 Å². The summed E-state index contributed by atoms with van der Waals surface area (Å²) < 4.78 is 13.8. The molecule has 0 aliphatic heterocycles. The van der Waals surface area contributed by atoms with Crippen molar-refractivity contribution in [2.75, 3.05) is 19.0 Å². The third-order valence-corrected chi connectivity index (χ3v) is 2.65. The summed E-state index contributed by atoms with van der Waals surface area (Å²) in [5.74, 6) is 0.312. The van der Waals surface area contributed by atoms with Crippen molar-refractivity contribution in [2.45, 2.75) is 26.7 Å². The van der Waals surface area contributed by atoms with Crippen molar-refractivity contribution < 1.29 is 9.18 Å². The van der Waals surface area contributed by atoms with E-state index in [1.807, 2.05) is 6.92 Å². The maximum absolute atomic E-state index is 11.7. The summed E-state index contributed by atoms with van der Waals surface area (Å²) in [6.45, 7) is 6.06. The summed E-state index contributed by atoms with van der Waals surface area (Å²) in [5, 5.41) is 2.10. The number of halogens is 1. The Labute approximate surface area is 83.2 Å². The average Bonchev–Trinajstić information content (AvgIpc) is 2.10. The van der Waals surface area contributed by atoms with Crippen LogP contribution in [0.2, 0.25) is 0 Å². The first kappa shape index (κ1) is 12.7. The van der Waals surface area contributed by atoms with Gasteiger partial charge >= 0.3 is 6.16 Å². The molecule has 0 unspecified atom stereocenters. The number of hydrogen-bond donors (Lipinski definition) is 1. The summed E-state index contributed by atoms with van der Waals surface area (Å²) in [5.41, 5.74) is 0. The smallest absolute Gasteiger partial charge is 0.318 e. The largest absolute Gasteiger partial charge is 0.398 e. The minimum atomic E-state index is -1.46. The predicted molar refractivity (Wildman–Crippen MR) is 54.3 cm³/mol. The molecule has 0 rings (SSSR count). The van der Waals surface area contributed by atoms with Gasteiger partial charge in [0, 0.05) is 13.1 Å². The maximum Gasteiger partial charge on any atom is 0.398 e. The summed E-state index contributed by atoms with van der Waals surface area (Å²) >= 11 is 1.45. The van der Waals surface area contributed by atoms with E-state index in [9.17, 15) is 9.18 Å². The Morgan fingerprint density at radius 2 is 2.23 bits per heavy atom. The van der Waals surface area contributed by atoms with Crippen LogP contribution in [0.3, 0.4) is 0 Å². The van der Waals surface area contributed by atoms with Crippen molar-refractivity contribution in [1.82, 2.24) is 9.62 Å². The second-order valence-corrected chi connectivity index (χ2v) is 3.66.